The van der Waals surface area contributed by atoms with Crippen LogP contribution in [0.1, 0.15) is 18.4 Å². The number of hydrogen-bond donors (Lipinski definition) is 1. The minimum Gasteiger partial charge on any atom is -0.381 e. The summed E-state index contributed by atoms with van der Waals surface area (Å²) < 4.78 is 29.6. The van der Waals surface area contributed by atoms with Gasteiger partial charge in [0.1, 0.15) is 0 Å². The number of nitrogens with one attached hydrogen (secondary N) is 1. The lowest BCUT2D eigenvalue weighted by molar-refractivity contribution is 0.0753. The monoisotopic (exact) mass is 434 g/mol. The first-order chi connectivity index (χ1) is 14.4. The van der Waals surface area contributed by atoms with E-state index in [1.807, 2.05) is 18.2 Å². The fraction of sp³-hybridized carbons (Fsp3) is 0.591. The van der Waals surface area contributed by atoms with Crippen LogP contribution in [0.15, 0.2) is 41.4 Å². The average molecular weight is 435 g/mol. The van der Waals surface area contributed by atoms with Crippen LogP contribution >= 0.6 is 0 Å². The molecule has 1 aromatic rings. The SMILES string of the molecule is CN=C(NCC1(S(C)(=O)=O)CCOCC1)N1CCN(C/C=C/c2ccccc2)CC1. The molecule has 30 heavy (non-hydrogen) atoms. The van der Waals surface area contributed by atoms with Crippen LogP contribution in [0, 0.1) is 0 Å². The molecule has 1 N–H and O–H groups in total. The zero-order valence-corrected chi connectivity index (χ0v) is 18.9. The summed E-state index contributed by atoms with van der Waals surface area (Å²) in [7, 11) is -1.44. The highest BCUT2D eigenvalue weighted by Gasteiger charge is 2.42. The van der Waals surface area contributed by atoms with Crippen molar-refractivity contribution in [3.63, 3.8) is 0 Å². The standard InChI is InChI=1S/C22H34N4O3S/c1-23-21(24-19-22(30(2,27)28)10-17-29-18-11-22)26-15-13-25(14-16-26)12-6-9-20-7-4-3-5-8-20/h3-9H,10-19H2,1-2H3,(H,23,24)/b9-6+. The van der Waals surface area contributed by atoms with Crippen LogP contribution in [-0.4, -0.2) is 94.7 Å². The van der Waals surface area contributed by atoms with Crippen LogP contribution in [-0.2, 0) is 14.6 Å². The van der Waals surface area contributed by atoms with E-state index in [-0.39, 0.29) is 0 Å². The van der Waals surface area contributed by atoms with Crippen molar-refractivity contribution < 1.29 is 13.2 Å². The molecule has 0 atom stereocenters. The first kappa shape index (κ1) is 22.8. The largest absolute Gasteiger partial charge is 0.381 e. The first-order valence-electron chi connectivity index (χ1n) is 10.6. The molecule has 0 saturated carbocycles. The number of hydrogen-bond acceptors (Lipinski definition) is 5. The Balaban J connectivity index is 1.49. The van der Waals surface area contributed by atoms with E-state index in [2.05, 4.69) is 44.4 Å². The van der Waals surface area contributed by atoms with Gasteiger partial charge in [0.2, 0.25) is 0 Å². The molecule has 2 aliphatic heterocycles. The van der Waals surface area contributed by atoms with Crippen LogP contribution in [0.5, 0.6) is 0 Å². The number of aliphatic imine (C=N–C) groups is 1. The topological polar surface area (TPSA) is 74.2 Å². The van der Waals surface area contributed by atoms with Gasteiger partial charge in [0.05, 0.1) is 4.75 Å². The lowest BCUT2D eigenvalue weighted by atomic mass is 9.99. The summed E-state index contributed by atoms with van der Waals surface area (Å²) in [4.78, 5) is 9.04. The number of sulfone groups is 1. The van der Waals surface area contributed by atoms with Crippen LogP contribution in [0.2, 0.25) is 0 Å². The third kappa shape index (κ3) is 5.83. The van der Waals surface area contributed by atoms with E-state index in [1.165, 1.54) is 11.8 Å². The molecule has 0 spiro atoms. The number of guanidine groups is 1. The van der Waals surface area contributed by atoms with E-state index in [0.717, 1.165) is 38.7 Å². The lowest BCUT2D eigenvalue weighted by Crippen LogP contribution is -2.57. The molecule has 8 heteroatoms. The first-order valence-corrected chi connectivity index (χ1v) is 12.5. The van der Waals surface area contributed by atoms with E-state index in [1.54, 1.807) is 7.05 Å². The number of nitrogens with zero attached hydrogens (tertiary/aromatic N) is 3. The predicted molar refractivity (Wildman–Crippen MR) is 122 cm³/mol. The van der Waals surface area contributed by atoms with Gasteiger partial charge in [-0.25, -0.2) is 8.42 Å². The molecule has 2 heterocycles. The molecular weight excluding hydrogens is 400 g/mol. The van der Waals surface area contributed by atoms with E-state index < -0.39 is 14.6 Å². The van der Waals surface area contributed by atoms with Crippen LogP contribution in [0.25, 0.3) is 6.08 Å². The molecule has 1 aromatic carbocycles. The zero-order chi connectivity index (χ0) is 21.5. The Bertz CT molecular complexity index is 825. The number of rotatable bonds is 6. The van der Waals surface area contributed by atoms with Crippen molar-refractivity contribution >= 4 is 21.9 Å². The maximum Gasteiger partial charge on any atom is 0.193 e. The Labute approximate surface area is 180 Å². The summed E-state index contributed by atoms with van der Waals surface area (Å²) in [5, 5.41) is 3.34. The van der Waals surface area contributed by atoms with Gasteiger partial charge >= 0.3 is 0 Å². The molecule has 0 radical (unpaired) electrons. The Morgan fingerprint density at radius 2 is 1.83 bits per heavy atom. The zero-order valence-electron chi connectivity index (χ0n) is 18.1. The Kier molecular flexibility index (Phi) is 7.91. The van der Waals surface area contributed by atoms with E-state index in [9.17, 15) is 8.42 Å². The van der Waals surface area contributed by atoms with Gasteiger partial charge in [0.25, 0.3) is 0 Å². The summed E-state index contributed by atoms with van der Waals surface area (Å²) >= 11 is 0. The molecule has 3 rings (SSSR count). The second-order valence-electron chi connectivity index (χ2n) is 8.07. The molecule has 7 nitrogen and oxygen atoms in total. The van der Waals surface area contributed by atoms with Crippen molar-refractivity contribution in [2.45, 2.75) is 17.6 Å². The normalized spacial score (nSPS) is 21.1. The van der Waals surface area contributed by atoms with Gasteiger partial charge in [-0.3, -0.25) is 9.89 Å². The minimum absolute atomic E-state index is 0.377. The second-order valence-corrected chi connectivity index (χ2v) is 10.5. The van der Waals surface area contributed by atoms with E-state index in [0.29, 0.717) is 32.6 Å². The Morgan fingerprint density at radius 3 is 2.43 bits per heavy atom. The fourth-order valence-corrected chi connectivity index (χ4v) is 5.28. The smallest absolute Gasteiger partial charge is 0.193 e. The molecule has 0 bridgehead atoms. The Morgan fingerprint density at radius 1 is 1.17 bits per heavy atom. The summed E-state index contributed by atoms with van der Waals surface area (Å²) in [6.45, 7) is 5.91. The molecule has 0 aromatic heterocycles. The quantitative estimate of drug-likeness (QED) is 0.540. The highest BCUT2D eigenvalue weighted by atomic mass is 32.2. The highest BCUT2D eigenvalue weighted by Crippen LogP contribution is 2.28. The lowest BCUT2D eigenvalue weighted by Gasteiger charge is -2.39. The maximum atomic E-state index is 12.5. The van der Waals surface area contributed by atoms with Crippen LogP contribution in [0.4, 0.5) is 0 Å². The van der Waals surface area contributed by atoms with Crippen molar-refractivity contribution in [3.05, 3.63) is 42.0 Å². The minimum atomic E-state index is -3.20. The van der Waals surface area contributed by atoms with Gasteiger partial charge in [-0.1, -0.05) is 42.5 Å². The average Bonchev–Trinajstić information content (AvgIpc) is 2.76. The Hall–Kier alpha value is -1.90. The second kappa shape index (κ2) is 10.4. The fourth-order valence-electron chi connectivity index (χ4n) is 4.04. The van der Waals surface area contributed by atoms with Crippen molar-refractivity contribution in [2.24, 2.45) is 4.99 Å². The summed E-state index contributed by atoms with van der Waals surface area (Å²) in [5.74, 6) is 0.781. The van der Waals surface area contributed by atoms with Crippen molar-refractivity contribution in [2.75, 3.05) is 65.8 Å². The van der Waals surface area contributed by atoms with Crippen LogP contribution < -0.4 is 5.32 Å². The molecule has 2 saturated heterocycles. The maximum absolute atomic E-state index is 12.5. The number of piperazine rings is 1. The van der Waals surface area contributed by atoms with Gasteiger partial charge in [0, 0.05) is 65.8 Å². The summed E-state index contributed by atoms with van der Waals surface area (Å²) in [6, 6.07) is 10.3. The van der Waals surface area contributed by atoms with E-state index >= 15 is 0 Å². The van der Waals surface area contributed by atoms with Gasteiger partial charge in [-0.2, -0.15) is 0 Å². The molecule has 2 fully saturated rings. The van der Waals surface area contributed by atoms with Gasteiger partial charge < -0.3 is 15.0 Å². The molecule has 0 aliphatic carbocycles. The third-order valence-corrected chi connectivity index (χ3v) is 8.24. The number of benzene rings is 1. The van der Waals surface area contributed by atoms with E-state index in [4.69, 9.17) is 4.74 Å². The van der Waals surface area contributed by atoms with Crippen molar-refractivity contribution in [1.82, 2.24) is 15.1 Å². The molecular formula is C22H34N4O3S. The molecule has 0 unspecified atom stereocenters. The van der Waals surface area contributed by atoms with Gasteiger partial charge in [-0.15, -0.1) is 0 Å². The van der Waals surface area contributed by atoms with Crippen LogP contribution in [0.3, 0.4) is 0 Å². The van der Waals surface area contributed by atoms with Gasteiger partial charge in [-0.05, 0) is 18.4 Å². The predicted octanol–water partition coefficient (Wildman–Crippen LogP) is 1.49. The van der Waals surface area contributed by atoms with Crippen molar-refractivity contribution in [1.29, 1.82) is 0 Å². The summed E-state index contributed by atoms with van der Waals surface area (Å²) in [5.41, 5.74) is 1.22. The number of ether oxygens (including phenoxy) is 1. The summed E-state index contributed by atoms with van der Waals surface area (Å²) in [6.07, 6.45) is 6.75. The molecule has 2 aliphatic rings. The molecule has 0 amide bonds. The van der Waals surface area contributed by atoms with Gasteiger partial charge in [0.15, 0.2) is 15.8 Å². The molecule has 166 valence electrons. The highest BCUT2D eigenvalue weighted by molar-refractivity contribution is 7.92. The third-order valence-electron chi connectivity index (χ3n) is 6.12. The van der Waals surface area contributed by atoms with Crippen molar-refractivity contribution in [3.8, 4) is 0 Å².